The molecule has 0 unspecified atom stereocenters. The first-order valence-electron chi connectivity index (χ1n) is 13.1. The molecule has 2 heterocycles. The summed E-state index contributed by atoms with van der Waals surface area (Å²) in [5.74, 6) is 0.515. The molecule has 2 aromatic carbocycles. The number of nitrogens with zero attached hydrogens (tertiary/aromatic N) is 3. The Bertz CT molecular complexity index is 1630. The number of benzene rings is 2. The van der Waals surface area contributed by atoms with Gasteiger partial charge in [-0.05, 0) is 41.2 Å². The summed E-state index contributed by atoms with van der Waals surface area (Å²) in [6, 6.07) is 16.9. The van der Waals surface area contributed by atoms with Crippen molar-refractivity contribution in [2.45, 2.75) is 55.9 Å². The number of nitrogens with one attached hydrogen (secondary N) is 1. The summed E-state index contributed by atoms with van der Waals surface area (Å²) >= 11 is 1.01. The molecule has 2 aromatic heterocycles. The normalized spacial score (nSPS) is 19.1. The monoisotopic (exact) mass is 640 g/mol. The van der Waals surface area contributed by atoms with Crippen LogP contribution in [0.15, 0.2) is 60.9 Å². The van der Waals surface area contributed by atoms with Crippen molar-refractivity contribution in [1.82, 2.24) is 15.3 Å². The zero-order valence-corrected chi connectivity index (χ0v) is 25.5. The summed E-state index contributed by atoms with van der Waals surface area (Å²) in [6.07, 6.45) is -2.17. The number of thiophene rings is 1. The van der Waals surface area contributed by atoms with Gasteiger partial charge in [0.2, 0.25) is 0 Å². The Balaban J connectivity index is 0.00000405. The predicted molar refractivity (Wildman–Crippen MR) is 163 cm³/mol. The second-order valence-electron chi connectivity index (χ2n) is 10.7. The minimum atomic E-state index is -4.30. The molecule has 42 heavy (non-hydrogen) atoms. The molecule has 7 nitrogen and oxygen atoms in total. The van der Waals surface area contributed by atoms with Gasteiger partial charge in [-0.3, -0.25) is 0 Å². The van der Waals surface area contributed by atoms with Crippen LogP contribution in [0.5, 0.6) is 0 Å². The number of likely N-dealkylation sites (N-methyl/N-ethyl adjacent to an activating group) is 1. The molecule has 4 aromatic rings. The Morgan fingerprint density at radius 1 is 1.05 bits per heavy atom. The van der Waals surface area contributed by atoms with Crippen molar-refractivity contribution >= 4 is 49.6 Å². The number of hydrogen-bond acceptors (Lipinski definition) is 8. The second-order valence-corrected chi connectivity index (χ2v) is 13.9. The number of hydrogen-bond donors (Lipinski definition) is 2. The summed E-state index contributed by atoms with van der Waals surface area (Å²) in [5.41, 5.74) is 3.76. The van der Waals surface area contributed by atoms with E-state index in [-0.39, 0.29) is 35.1 Å². The lowest BCUT2D eigenvalue weighted by molar-refractivity contribution is -0.126. The van der Waals surface area contributed by atoms with Crippen LogP contribution >= 0.6 is 23.7 Å². The molecule has 0 saturated heterocycles. The Labute approximate surface area is 253 Å². The van der Waals surface area contributed by atoms with Gasteiger partial charge in [0.05, 0.1) is 29.7 Å². The predicted octanol–water partition coefficient (Wildman–Crippen LogP) is 5.55. The summed E-state index contributed by atoms with van der Waals surface area (Å²) in [7, 11) is -1.31. The van der Waals surface area contributed by atoms with Crippen LogP contribution in [0.2, 0.25) is 0 Å². The van der Waals surface area contributed by atoms with Gasteiger partial charge in [-0.25, -0.2) is 18.4 Å². The lowest BCUT2D eigenvalue weighted by Gasteiger charge is -2.28. The van der Waals surface area contributed by atoms with Crippen molar-refractivity contribution in [3.63, 3.8) is 0 Å². The highest BCUT2D eigenvalue weighted by molar-refractivity contribution is 7.89. The Kier molecular flexibility index (Phi) is 9.83. The van der Waals surface area contributed by atoms with Crippen LogP contribution in [-0.4, -0.2) is 61.2 Å². The highest BCUT2D eigenvalue weighted by atomic mass is 35.5. The van der Waals surface area contributed by atoms with Gasteiger partial charge in [-0.1, -0.05) is 48.5 Å². The van der Waals surface area contributed by atoms with E-state index in [4.69, 9.17) is 0 Å². The molecule has 0 radical (unpaired) electrons. The van der Waals surface area contributed by atoms with E-state index in [1.807, 2.05) is 60.5 Å². The van der Waals surface area contributed by atoms with Crippen LogP contribution < -0.4 is 10.2 Å². The SMILES string of the molecule is CN(c1ncnc2sc(CC(F)(F)F)cc12)[C@H]1C[C@@H](NCc2ccc(-c3cccc(CS(C)(=O)=O)c3)cc2)C[C@H]1O.Cl. The Morgan fingerprint density at radius 2 is 1.79 bits per heavy atom. The third kappa shape index (κ3) is 7.99. The molecule has 0 spiro atoms. The van der Waals surface area contributed by atoms with E-state index in [2.05, 4.69) is 15.3 Å². The van der Waals surface area contributed by atoms with Gasteiger partial charge in [0.15, 0.2) is 9.84 Å². The van der Waals surface area contributed by atoms with E-state index in [0.29, 0.717) is 35.4 Å². The molecular formula is C29H32ClF3N4O3S2. The van der Waals surface area contributed by atoms with Crippen LogP contribution in [0, 0.1) is 0 Å². The molecule has 5 rings (SSSR count). The van der Waals surface area contributed by atoms with Gasteiger partial charge >= 0.3 is 6.18 Å². The van der Waals surface area contributed by atoms with Gasteiger partial charge in [0, 0.05) is 30.8 Å². The summed E-state index contributed by atoms with van der Waals surface area (Å²) in [4.78, 5) is 11.0. The number of anilines is 1. The molecule has 1 aliphatic rings. The van der Waals surface area contributed by atoms with E-state index in [1.165, 1.54) is 18.6 Å². The van der Waals surface area contributed by atoms with Gasteiger partial charge in [0.25, 0.3) is 0 Å². The van der Waals surface area contributed by atoms with Crippen molar-refractivity contribution in [3.8, 4) is 11.1 Å². The number of halogens is 4. The van der Waals surface area contributed by atoms with Crippen LogP contribution in [0.4, 0.5) is 19.0 Å². The van der Waals surface area contributed by atoms with Crippen molar-refractivity contribution in [1.29, 1.82) is 0 Å². The summed E-state index contributed by atoms with van der Waals surface area (Å²) in [6.45, 7) is 0.602. The minimum absolute atomic E-state index is 0. The topological polar surface area (TPSA) is 95.4 Å². The van der Waals surface area contributed by atoms with E-state index >= 15 is 0 Å². The third-order valence-corrected chi connectivity index (χ3v) is 9.20. The van der Waals surface area contributed by atoms with Crippen LogP contribution in [-0.2, 0) is 28.6 Å². The molecule has 2 N–H and O–H groups in total. The lowest BCUT2D eigenvalue weighted by atomic mass is 10.0. The summed E-state index contributed by atoms with van der Waals surface area (Å²) < 4.78 is 62.1. The maximum Gasteiger partial charge on any atom is 0.393 e. The quantitative estimate of drug-likeness (QED) is 0.248. The van der Waals surface area contributed by atoms with Gasteiger partial charge in [-0.15, -0.1) is 23.7 Å². The van der Waals surface area contributed by atoms with E-state index in [9.17, 15) is 26.7 Å². The molecule has 1 fully saturated rings. The van der Waals surface area contributed by atoms with E-state index in [0.717, 1.165) is 33.6 Å². The molecule has 0 amide bonds. The number of aromatic nitrogens is 2. The maximum atomic E-state index is 12.9. The standard InChI is InChI=1S/C29H31F3N4O3S2.ClH/c1-36(27-24-13-23(14-29(30,31)32)40-28(24)35-17-34-27)25-11-22(12-26(25)37)33-15-18-6-8-20(9-7-18)21-5-3-4-19(10-21)16-41(2,38)39;/h3-10,13,17,22,25-26,33,37H,11-12,14-16H2,1-2H3;1H/t22-,25+,26-;/m1./s1. The fourth-order valence-corrected chi connectivity index (χ4v) is 7.22. The third-order valence-electron chi connectivity index (χ3n) is 7.30. The average Bonchev–Trinajstić information content (AvgIpc) is 3.47. The number of aliphatic hydroxyl groups is 1. The van der Waals surface area contributed by atoms with Crippen LogP contribution in [0.1, 0.15) is 28.8 Å². The lowest BCUT2D eigenvalue weighted by Crippen LogP contribution is -2.38. The van der Waals surface area contributed by atoms with Gasteiger partial charge in [-0.2, -0.15) is 13.2 Å². The maximum absolute atomic E-state index is 12.9. The van der Waals surface area contributed by atoms with Gasteiger partial charge < -0.3 is 15.3 Å². The fourth-order valence-electron chi connectivity index (χ4n) is 5.41. The number of sulfone groups is 1. The number of aliphatic hydroxyl groups excluding tert-OH is 1. The fraction of sp³-hybridized carbons (Fsp3) is 0.379. The van der Waals surface area contributed by atoms with Crippen molar-refractivity contribution < 1.29 is 26.7 Å². The first-order valence-corrected chi connectivity index (χ1v) is 16.0. The zero-order valence-electron chi connectivity index (χ0n) is 23.0. The minimum Gasteiger partial charge on any atom is -0.391 e. The van der Waals surface area contributed by atoms with Crippen LogP contribution in [0.3, 0.4) is 0 Å². The van der Waals surface area contributed by atoms with Crippen molar-refractivity contribution in [2.24, 2.45) is 0 Å². The van der Waals surface area contributed by atoms with Crippen molar-refractivity contribution in [2.75, 3.05) is 18.2 Å². The average molecular weight is 641 g/mol. The number of alkyl halides is 3. The highest BCUT2D eigenvalue weighted by Crippen LogP contribution is 2.36. The molecular weight excluding hydrogens is 609 g/mol. The summed E-state index contributed by atoms with van der Waals surface area (Å²) in [5, 5.41) is 14.9. The molecule has 226 valence electrons. The zero-order chi connectivity index (χ0) is 29.4. The largest absolute Gasteiger partial charge is 0.393 e. The smallest absolute Gasteiger partial charge is 0.391 e. The Morgan fingerprint density at radius 3 is 2.48 bits per heavy atom. The van der Waals surface area contributed by atoms with Gasteiger partial charge in [0.1, 0.15) is 17.0 Å². The number of fused-ring (bicyclic) bond motifs is 1. The van der Waals surface area contributed by atoms with Crippen molar-refractivity contribution in [3.05, 3.63) is 76.9 Å². The van der Waals surface area contributed by atoms with E-state index < -0.39 is 28.5 Å². The molecule has 3 atom stereocenters. The highest BCUT2D eigenvalue weighted by Gasteiger charge is 2.37. The molecule has 1 aliphatic carbocycles. The second kappa shape index (κ2) is 12.8. The molecule has 0 bridgehead atoms. The number of rotatable bonds is 9. The first-order chi connectivity index (χ1) is 19.3. The molecule has 1 saturated carbocycles. The molecule has 13 heteroatoms. The van der Waals surface area contributed by atoms with Crippen LogP contribution in [0.25, 0.3) is 21.3 Å². The van der Waals surface area contributed by atoms with E-state index in [1.54, 1.807) is 0 Å². The first kappa shape index (κ1) is 32.2. The Hall–Kier alpha value is -2.77. The molecule has 0 aliphatic heterocycles.